The van der Waals surface area contributed by atoms with E-state index >= 15 is 0 Å². The van der Waals surface area contributed by atoms with Gasteiger partial charge in [0.15, 0.2) is 5.69 Å². The normalized spacial score (nSPS) is 16.1. The highest BCUT2D eigenvalue weighted by atomic mass is 16.5. The van der Waals surface area contributed by atoms with Crippen LogP contribution in [0.15, 0.2) is 48.5 Å². The van der Waals surface area contributed by atoms with Crippen LogP contribution in [0, 0.1) is 6.57 Å². The van der Waals surface area contributed by atoms with Crippen LogP contribution in [0.2, 0.25) is 0 Å². The van der Waals surface area contributed by atoms with Gasteiger partial charge < -0.3 is 19.6 Å². The summed E-state index contributed by atoms with van der Waals surface area (Å²) in [6.45, 7) is 14.8. The number of nitrogens with zero attached hydrogens (tertiary/aromatic N) is 3. The Morgan fingerprint density at radius 2 is 1.87 bits per heavy atom. The molecule has 1 aliphatic heterocycles. The van der Waals surface area contributed by atoms with Gasteiger partial charge in [-0.15, -0.1) is 0 Å². The van der Waals surface area contributed by atoms with Crippen LogP contribution in [0.4, 0.5) is 11.4 Å². The number of hydrogen-bond acceptors (Lipinski definition) is 4. The lowest BCUT2D eigenvalue weighted by molar-refractivity contribution is -0.0254. The van der Waals surface area contributed by atoms with Gasteiger partial charge in [-0.25, -0.2) is 4.85 Å². The van der Waals surface area contributed by atoms with Gasteiger partial charge in [-0.05, 0) is 57.2 Å². The van der Waals surface area contributed by atoms with Crippen LogP contribution in [0.3, 0.4) is 0 Å². The summed E-state index contributed by atoms with van der Waals surface area (Å²) in [4.78, 5) is 8.08. The van der Waals surface area contributed by atoms with E-state index in [1.165, 1.54) is 5.56 Å². The van der Waals surface area contributed by atoms with Gasteiger partial charge in [0, 0.05) is 45.0 Å². The largest absolute Gasteiger partial charge is 0.491 e. The molecule has 166 valence electrons. The third-order valence-electron chi connectivity index (χ3n) is 6.11. The van der Waals surface area contributed by atoms with E-state index in [4.69, 9.17) is 11.3 Å². The highest BCUT2D eigenvalue weighted by Gasteiger charge is 2.32. The molecule has 0 atom stereocenters. The number of ether oxygens (including phenoxy) is 1. The molecular formula is C26H35N3O2. The zero-order valence-corrected chi connectivity index (χ0v) is 19.1. The van der Waals surface area contributed by atoms with Crippen LogP contribution in [-0.2, 0) is 6.42 Å². The second kappa shape index (κ2) is 10.7. The van der Waals surface area contributed by atoms with E-state index in [-0.39, 0.29) is 6.10 Å². The Morgan fingerprint density at radius 3 is 2.52 bits per heavy atom. The molecule has 3 rings (SSSR count). The van der Waals surface area contributed by atoms with Crippen LogP contribution >= 0.6 is 0 Å². The molecule has 2 aromatic rings. The number of benzene rings is 2. The van der Waals surface area contributed by atoms with Crippen molar-refractivity contribution in [1.29, 1.82) is 0 Å². The first-order valence-electron chi connectivity index (χ1n) is 11.3. The maximum Gasteiger partial charge on any atom is 0.187 e. The van der Waals surface area contributed by atoms with Crippen molar-refractivity contribution in [3.05, 3.63) is 65.5 Å². The average molecular weight is 422 g/mol. The zero-order valence-electron chi connectivity index (χ0n) is 19.1. The van der Waals surface area contributed by atoms with Gasteiger partial charge in [0.05, 0.1) is 18.3 Å². The minimum absolute atomic E-state index is 0.157. The van der Waals surface area contributed by atoms with Crippen molar-refractivity contribution in [2.24, 2.45) is 0 Å². The minimum Gasteiger partial charge on any atom is -0.491 e. The monoisotopic (exact) mass is 421 g/mol. The zero-order chi connectivity index (χ0) is 22.3. The van der Waals surface area contributed by atoms with Crippen molar-refractivity contribution >= 4 is 11.4 Å². The fourth-order valence-corrected chi connectivity index (χ4v) is 4.04. The molecule has 1 fully saturated rings. The number of aliphatic hydroxyl groups is 1. The van der Waals surface area contributed by atoms with Crippen molar-refractivity contribution in [3.63, 3.8) is 0 Å². The van der Waals surface area contributed by atoms with Crippen LogP contribution < -0.4 is 9.64 Å². The third-order valence-corrected chi connectivity index (χ3v) is 6.11. The number of piperidine rings is 1. The standard InChI is InChI=1S/C26H35N3O2/c1-21(2)31-25-7-5-6-24(20-25)28(4)17-13-26(30)14-18-29(19-15-26)16-12-22-8-10-23(27-3)11-9-22/h5-11,20-21,30H,12-19H2,1-2,4H3. The van der Waals surface area contributed by atoms with Crippen molar-refractivity contribution in [1.82, 2.24) is 4.90 Å². The van der Waals surface area contributed by atoms with Gasteiger partial charge in [0.2, 0.25) is 0 Å². The molecule has 0 bridgehead atoms. The summed E-state index contributed by atoms with van der Waals surface area (Å²) in [7, 11) is 2.08. The summed E-state index contributed by atoms with van der Waals surface area (Å²) in [5, 5.41) is 11.1. The second-order valence-corrected chi connectivity index (χ2v) is 8.93. The number of anilines is 1. The highest BCUT2D eigenvalue weighted by Crippen LogP contribution is 2.28. The van der Waals surface area contributed by atoms with Crippen molar-refractivity contribution in [2.75, 3.05) is 38.1 Å². The molecule has 0 aromatic heterocycles. The number of likely N-dealkylation sites (tertiary alicyclic amines) is 1. The second-order valence-electron chi connectivity index (χ2n) is 8.93. The highest BCUT2D eigenvalue weighted by molar-refractivity contribution is 5.50. The Morgan fingerprint density at radius 1 is 1.16 bits per heavy atom. The van der Waals surface area contributed by atoms with Crippen LogP contribution in [0.5, 0.6) is 5.75 Å². The van der Waals surface area contributed by atoms with E-state index in [1.807, 2.05) is 50.2 Å². The Bertz CT molecular complexity index is 865. The van der Waals surface area contributed by atoms with Crippen molar-refractivity contribution < 1.29 is 9.84 Å². The predicted octanol–water partition coefficient (Wildman–Crippen LogP) is 4.92. The van der Waals surface area contributed by atoms with Crippen molar-refractivity contribution in [2.45, 2.75) is 51.2 Å². The van der Waals surface area contributed by atoms with E-state index in [9.17, 15) is 5.11 Å². The van der Waals surface area contributed by atoms with E-state index in [0.717, 1.165) is 63.3 Å². The van der Waals surface area contributed by atoms with Gasteiger partial charge in [-0.1, -0.05) is 30.3 Å². The van der Waals surface area contributed by atoms with Crippen LogP contribution in [0.25, 0.3) is 4.85 Å². The summed E-state index contributed by atoms with van der Waals surface area (Å²) < 4.78 is 5.80. The summed E-state index contributed by atoms with van der Waals surface area (Å²) >= 11 is 0. The molecule has 2 aromatic carbocycles. The molecule has 0 radical (unpaired) electrons. The SMILES string of the molecule is [C-]#[N+]c1ccc(CCN2CCC(O)(CCN(C)c3cccc(OC(C)C)c3)CC2)cc1. The van der Waals surface area contributed by atoms with E-state index in [2.05, 4.69) is 33.8 Å². The summed E-state index contributed by atoms with van der Waals surface area (Å²) in [6, 6.07) is 16.0. The Hall–Kier alpha value is -2.55. The molecule has 0 aliphatic carbocycles. The van der Waals surface area contributed by atoms with Gasteiger partial charge in [-0.3, -0.25) is 0 Å². The average Bonchev–Trinajstić information content (AvgIpc) is 2.77. The first kappa shape index (κ1) is 23.1. The molecule has 0 unspecified atom stereocenters. The molecule has 1 heterocycles. The van der Waals surface area contributed by atoms with Gasteiger partial charge in [0.1, 0.15) is 5.75 Å². The predicted molar refractivity (Wildman–Crippen MR) is 127 cm³/mol. The van der Waals surface area contributed by atoms with E-state index in [0.29, 0.717) is 5.69 Å². The van der Waals surface area contributed by atoms with Crippen LogP contribution in [0.1, 0.15) is 38.7 Å². The summed E-state index contributed by atoms with van der Waals surface area (Å²) in [5.41, 5.74) is 2.48. The van der Waals surface area contributed by atoms with Gasteiger partial charge >= 0.3 is 0 Å². The molecule has 1 N–H and O–H groups in total. The Kier molecular flexibility index (Phi) is 7.95. The smallest absolute Gasteiger partial charge is 0.187 e. The maximum atomic E-state index is 11.1. The molecule has 5 nitrogen and oxygen atoms in total. The molecule has 0 amide bonds. The third kappa shape index (κ3) is 6.99. The lowest BCUT2D eigenvalue weighted by atomic mass is 9.88. The van der Waals surface area contributed by atoms with Gasteiger partial charge in [0.25, 0.3) is 0 Å². The first-order chi connectivity index (χ1) is 14.9. The molecule has 5 heteroatoms. The van der Waals surface area contributed by atoms with Crippen LogP contribution in [-0.4, -0.2) is 54.9 Å². The lowest BCUT2D eigenvalue weighted by Crippen LogP contribution is -2.46. The number of rotatable bonds is 9. The molecule has 1 aliphatic rings. The fraction of sp³-hybridized carbons (Fsp3) is 0.500. The molecule has 0 spiro atoms. The fourth-order valence-electron chi connectivity index (χ4n) is 4.04. The maximum absolute atomic E-state index is 11.1. The number of hydrogen-bond donors (Lipinski definition) is 1. The first-order valence-corrected chi connectivity index (χ1v) is 11.3. The summed E-state index contributed by atoms with van der Waals surface area (Å²) in [5.74, 6) is 0.884. The molecule has 0 saturated carbocycles. The Balaban J connectivity index is 1.43. The summed E-state index contributed by atoms with van der Waals surface area (Å²) in [6.07, 6.45) is 3.53. The quantitative estimate of drug-likeness (QED) is 0.584. The molecular weight excluding hydrogens is 386 g/mol. The van der Waals surface area contributed by atoms with Crippen molar-refractivity contribution in [3.8, 4) is 5.75 Å². The van der Waals surface area contributed by atoms with E-state index in [1.54, 1.807) is 0 Å². The minimum atomic E-state index is -0.589. The lowest BCUT2D eigenvalue weighted by Gasteiger charge is -2.39. The molecule has 1 saturated heterocycles. The molecule has 31 heavy (non-hydrogen) atoms. The van der Waals surface area contributed by atoms with E-state index < -0.39 is 5.60 Å². The van der Waals surface area contributed by atoms with Gasteiger partial charge in [-0.2, -0.15) is 0 Å². The Labute approximate surface area is 187 Å². The topological polar surface area (TPSA) is 40.3 Å².